The van der Waals surface area contributed by atoms with Crippen molar-refractivity contribution in [1.82, 2.24) is 10.3 Å². The van der Waals surface area contributed by atoms with Crippen molar-refractivity contribution in [2.45, 2.75) is 20.4 Å². The van der Waals surface area contributed by atoms with Crippen molar-refractivity contribution in [2.24, 2.45) is 4.99 Å². The van der Waals surface area contributed by atoms with Gasteiger partial charge in [-0.05, 0) is 37.6 Å². The van der Waals surface area contributed by atoms with Crippen LogP contribution < -0.4 is 20.1 Å². The third-order valence-corrected chi connectivity index (χ3v) is 3.49. The zero-order chi connectivity index (χ0) is 17.4. The van der Waals surface area contributed by atoms with Gasteiger partial charge in [-0.2, -0.15) is 0 Å². The number of hydrogen-bond acceptors (Lipinski definition) is 4. The fraction of sp³-hybridized carbons (Fsp3) is 0.333. The number of ether oxygens (including phenoxy) is 2. The molecule has 2 N–H and O–H groups in total. The second-order valence-corrected chi connectivity index (χ2v) is 5.12. The number of guanidine groups is 1. The number of pyridine rings is 1. The van der Waals surface area contributed by atoms with Gasteiger partial charge in [0.05, 0.1) is 26.0 Å². The van der Waals surface area contributed by atoms with Crippen molar-refractivity contribution in [3.8, 4) is 11.5 Å². The molecule has 1 aromatic carbocycles. The predicted octanol–water partition coefficient (Wildman–Crippen LogP) is 3.60. The predicted molar refractivity (Wildman–Crippen MR) is 112 cm³/mol. The largest absolute Gasteiger partial charge is 0.493 e. The lowest BCUT2D eigenvalue weighted by Crippen LogP contribution is -2.30. The number of methoxy groups -OCH3 is 1. The van der Waals surface area contributed by atoms with Gasteiger partial charge in [-0.1, -0.05) is 6.07 Å². The topological polar surface area (TPSA) is 67.8 Å². The van der Waals surface area contributed by atoms with E-state index in [1.165, 1.54) is 0 Å². The maximum atomic E-state index is 5.53. The van der Waals surface area contributed by atoms with Crippen molar-refractivity contribution in [1.29, 1.82) is 0 Å². The maximum Gasteiger partial charge on any atom is 0.195 e. The zero-order valence-electron chi connectivity index (χ0n) is 15.0. The Morgan fingerprint density at radius 2 is 2.04 bits per heavy atom. The van der Waals surface area contributed by atoms with Crippen LogP contribution in [0.15, 0.2) is 41.5 Å². The molecular formula is C18H25IN4O2. The van der Waals surface area contributed by atoms with Crippen LogP contribution in [0.5, 0.6) is 11.5 Å². The molecule has 0 aliphatic heterocycles. The number of aryl methyl sites for hydroxylation is 1. The summed E-state index contributed by atoms with van der Waals surface area (Å²) in [6.07, 6.45) is 1.79. The van der Waals surface area contributed by atoms with Crippen molar-refractivity contribution in [3.63, 3.8) is 0 Å². The molecule has 0 fully saturated rings. The van der Waals surface area contributed by atoms with Gasteiger partial charge in [-0.3, -0.25) is 9.98 Å². The van der Waals surface area contributed by atoms with Gasteiger partial charge in [-0.25, -0.2) is 0 Å². The van der Waals surface area contributed by atoms with Crippen LogP contribution in [0.2, 0.25) is 0 Å². The Balaban J connectivity index is 0.00000312. The Labute approximate surface area is 166 Å². The van der Waals surface area contributed by atoms with Crippen LogP contribution in [0.3, 0.4) is 0 Å². The molecule has 7 heteroatoms. The van der Waals surface area contributed by atoms with E-state index in [-0.39, 0.29) is 24.0 Å². The summed E-state index contributed by atoms with van der Waals surface area (Å²) < 4.78 is 10.9. The summed E-state index contributed by atoms with van der Waals surface area (Å²) >= 11 is 0. The third kappa shape index (κ3) is 6.08. The molecule has 0 atom stereocenters. The number of aromatic nitrogens is 1. The molecule has 1 aromatic heterocycles. The van der Waals surface area contributed by atoms with E-state index in [9.17, 15) is 0 Å². The van der Waals surface area contributed by atoms with Crippen molar-refractivity contribution < 1.29 is 9.47 Å². The molecule has 0 radical (unpaired) electrons. The Bertz CT molecular complexity index is 707. The monoisotopic (exact) mass is 456 g/mol. The van der Waals surface area contributed by atoms with Gasteiger partial charge in [0.25, 0.3) is 0 Å². The number of rotatable bonds is 6. The highest BCUT2D eigenvalue weighted by molar-refractivity contribution is 14.0. The van der Waals surface area contributed by atoms with E-state index >= 15 is 0 Å². The van der Waals surface area contributed by atoms with Crippen molar-refractivity contribution in [3.05, 3.63) is 47.8 Å². The summed E-state index contributed by atoms with van der Waals surface area (Å²) in [5, 5.41) is 6.49. The van der Waals surface area contributed by atoms with Crippen molar-refractivity contribution in [2.75, 3.05) is 26.1 Å². The third-order valence-electron chi connectivity index (χ3n) is 3.49. The molecule has 1 heterocycles. The van der Waals surface area contributed by atoms with Crippen LogP contribution in [-0.2, 0) is 6.54 Å². The Morgan fingerprint density at radius 1 is 1.24 bits per heavy atom. The SMILES string of the molecule is CCOc1ccc(NC(=NC)NCc2ncccc2C)cc1OC.I. The molecule has 0 bridgehead atoms. The van der Waals surface area contributed by atoms with Crippen LogP contribution >= 0.6 is 24.0 Å². The van der Waals surface area contributed by atoms with Gasteiger partial charge >= 0.3 is 0 Å². The van der Waals surface area contributed by atoms with Gasteiger partial charge in [0.1, 0.15) is 0 Å². The van der Waals surface area contributed by atoms with Crippen LogP contribution in [0, 0.1) is 6.92 Å². The number of anilines is 1. The average Bonchev–Trinajstić information content (AvgIpc) is 2.61. The molecule has 2 aromatic rings. The molecule has 0 unspecified atom stereocenters. The Hall–Kier alpha value is -2.03. The summed E-state index contributed by atoms with van der Waals surface area (Å²) in [7, 11) is 3.35. The lowest BCUT2D eigenvalue weighted by Gasteiger charge is -2.15. The molecule has 0 spiro atoms. The molecule has 0 aliphatic rings. The van der Waals surface area contributed by atoms with Crippen LogP contribution in [0.1, 0.15) is 18.2 Å². The van der Waals surface area contributed by atoms with Crippen molar-refractivity contribution >= 4 is 35.6 Å². The highest BCUT2D eigenvalue weighted by Crippen LogP contribution is 2.30. The number of hydrogen-bond donors (Lipinski definition) is 2. The average molecular weight is 456 g/mol. The Morgan fingerprint density at radius 3 is 2.68 bits per heavy atom. The van der Waals surface area contributed by atoms with E-state index in [0.29, 0.717) is 24.9 Å². The first-order chi connectivity index (χ1) is 11.7. The molecule has 2 rings (SSSR count). The number of halogens is 1. The first-order valence-electron chi connectivity index (χ1n) is 7.87. The van der Waals surface area contributed by atoms with E-state index in [1.807, 2.05) is 44.2 Å². The van der Waals surface area contributed by atoms with E-state index in [2.05, 4.69) is 20.6 Å². The van der Waals surface area contributed by atoms with E-state index in [4.69, 9.17) is 9.47 Å². The molecule has 0 amide bonds. The van der Waals surface area contributed by atoms with Gasteiger partial charge in [0.2, 0.25) is 0 Å². The lowest BCUT2D eigenvalue weighted by molar-refractivity contribution is 0.311. The lowest BCUT2D eigenvalue weighted by atomic mass is 10.2. The number of benzene rings is 1. The van der Waals surface area contributed by atoms with E-state index in [0.717, 1.165) is 22.7 Å². The first kappa shape index (κ1) is 21.0. The zero-order valence-corrected chi connectivity index (χ0v) is 17.3. The van der Waals surface area contributed by atoms with Crippen LogP contribution in [0.25, 0.3) is 0 Å². The molecule has 25 heavy (non-hydrogen) atoms. The quantitative estimate of drug-likeness (QED) is 0.395. The molecule has 0 saturated carbocycles. The molecule has 0 saturated heterocycles. The molecule has 0 aliphatic carbocycles. The minimum absolute atomic E-state index is 0. The Kier molecular flexibility index (Phi) is 9.04. The highest BCUT2D eigenvalue weighted by atomic mass is 127. The summed E-state index contributed by atoms with van der Waals surface area (Å²) in [5.74, 6) is 2.06. The summed E-state index contributed by atoms with van der Waals surface area (Å²) in [6.45, 7) is 5.17. The molecule has 136 valence electrons. The minimum Gasteiger partial charge on any atom is -0.493 e. The van der Waals surface area contributed by atoms with Gasteiger partial charge in [-0.15, -0.1) is 24.0 Å². The number of nitrogens with zero attached hydrogens (tertiary/aromatic N) is 2. The van der Waals surface area contributed by atoms with Gasteiger partial charge in [0, 0.05) is 25.0 Å². The van der Waals surface area contributed by atoms with Gasteiger partial charge < -0.3 is 20.1 Å². The molecular weight excluding hydrogens is 431 g/mol. The fourth-order valence-electron chi connectivity index (χ4n) is 2.21. The normalized spacial score (nSPS) is 10.6. The van der Waals surface area contributed by atoms with Gasteiger partial charge in [0.15, 0.2) is 17.5 Å². The minimum atomic E-state index is 0. The number of nitrogens with one attached hydrogen (secondary N) is 2. The number of aliphatic imine (C=N–C) groups is 1. The first-order valence-corrected chi connectivity index (χ1v) is 7.87. The summed E-state index contributed by atoms with van der Waals surface area (Å²) in [6, 6.07) is 9.65. The fourth-order valence-corrected chi connectivity index (χ4v) is 2.21. The van der Waals surface area contributed by atoms with E-state index < -0.39 is 0 Å². The standard InChI is InChI=1S/C18H24N4O2.HI/c1-5-24-16-9-8-14(11-17(16)23-4)22-18(19-3)21-12-15-13(2)7-6-10-20-15;/h6-11H,5,12H2,1-4H3,(H2,19,21,22);1H. The second-order valence-electron chi connectivity index (χ2n) is 5.12. The second kappa shape index (κ2) is 10.8. The summed E-state index contributed by atoms with van der Waals surface area (Å²) in [5.41, 5.74) is 2.99. The summed E-state index contributed by atoms with van der Waals surface area (Å²) in [4.78, 5) is 8.61. The van der Waals surface area contributed by atoms with Crippen LogP contribution in [-0.4, -0.2) is 31.7 Å². The van der Waals surface area contributed by atoms with E-state index in [1.54, 1.807) is 20.4 Å². The van der Waals surface area contributed by atoms with Crippen LogP contribution in [0.4, 0.5) is 5.69 Å². The smallest absolute Gasteiger partial charge is 0.195 e. The maximum absolute atomic E-state index is 5.53. The molecule has 6 nitrogen and oxygen atoms in total. The highest BCUT2D eigenvalue weighted by Gasteiger charge is 2.07.